The van der Waals surface area contributed by atoms with Gasteiger partial charge in [-0.1, -0.05) is 17.7 Å². The third kappa shape index (κ3) is 2.85. The molecule has 2 N–H and O–H groups in total. The van der Waals surface area contributed by atoms with Crippen molar-refractivity contribution in [3.63, 3.8) is 0 Å². The molecule has 102 valence electrons. The number of amides is 1. The van der Waals surface area contributed by atoms with Gasteiger partial charge in [-0.25, -0.2) is 4.39 Å². The van der Waals surface area contributed by atoms with Crippen LogP contribution in [0.3, 0.4) is 0 Å². The summed E-state index contributed by atoms with van der Waals surface area (Å²) in [6.07, 6.45) is 0. The lowest BCUT2D eigenvalue weighted by Gasteiger charge is -2.16. The number of carbonyl (C=O) groups excluding carboxylic acids is 1. The Morgan fingerprint density at radius 2 is 2.16 bits per heavy atom. The second-order valence-electron chi connectivity index (χ2n) is 4.16. The number of carboxylic acid groups (broad SMARTS) is 1. The average Bonchev–Trinajstić information content (AvgIpc) is 2.80. The second-order valence-corrected chi connectivity index (χ2v) is 4.57. The van der Waals surface area contributed by atoms with Gasteiger partial charge in [0.2, 0.25) is 0 Å². The van der Waals surface area contributed by atoms with Crippen molar-refractivity contribution in [3.8, 4) is 0 Å². The van der Waals surface area contributed by atoms with E-state index in [1.165, 1.54) is 18.2 Å². The van der Waals surface area contributed by atoms with Gasteiger partial charge in [-0.2, -0.15) is 0 Å². The maximum atomic E-state index is 13.6. The van der Waals surface area contributed by atoms with Crippen LogP contribution in [-0.4, -0.2) is 36.2 Å². The number of aliphatic carboxylic acids is 1. The van der Waals surface area contributed by atoms with Crippen molar-refractivity contribution < 1.29 is 23.8 Å². The zero-order valence-electron chi connectivity index (χ0n) is 9.73. The first-order valence-electron chi connectivity index (χ1n) is 5.56. The van der Waals surface area contributed by atoms with Gasteiger partial charge in [0.25, 0.3) is 5.91 Å². The standard InChI is InChI=1S/C12H11ClFNO4/c13-8-3-1-2-6(10(8)14)11(16)15-9-5-19-4-7(9)12(17)18/h1-3,7,9H,4-5H2,(H,15,16)(H,17,18). The number of benzene rings is 1. The van der Waals surface area contributed by atoms with E-state index in [-0.39, 0.29) is 23.8 Å². The smallest absolute Gasteiger partial charge is 0.311 e. The lowest BCUT2D eigenvalue weighted by molar-refractivity contribution is -0.142. The van der Waals surface area contributed by atoms with Crippen molar-refractivity contribution in [2.24, 2.45) is 5.92 Å². The topological polar surface area (TPSA) is 75.6 Å². The van der Waals surface area contributed by atoms with E-state index >= 15 is 0 Å². The zero-order valence-corrected chi connectivity index (χ0v) is 10.5. The number of hydrogen-bond acceptors (Lipinski definition) is 3. The molecule has 2 rings (SSSR count). The van der Waals surface area contributed by atoms with E-state index in [1.54, 1.807) is 0 Å². The molecule has 0 spiro atoms. The molecular weight excluding hydrogens is 277 g/mol. The van der Waals surface area contributed by atoms with E-state index in [4.69, 9.17) is 21.4 Å². The van der Waals surface area contributed by atoms with Gasteiger partial charge in [0.1, 0.15) is 5.92 Å². The maximum Gasteiger partial charge on any atom is 0.311 e. The summed E-state index contributed by atoms with van der Waals surface area (Å²) in [5.74, 6) is -3.42. The first-order valence-corrected chi connectivity index (χ1v) is 5.94. The number of carbonyl (C=O) groups is 2. The number of ether oxygens (including phenoxy) is 1. The summed E-state index contributed by atoms with van der Waals surface area (Å²) >= 11 is 5.58. The van der Waals surface area contributed by atoms with Gasteiger partial charge in [0.05, 0.1) is 29.8 Å². The summed E-state index contributed by atoms with van der Waals surface area (Å²) in [4.78, 5) is 22.8. The molecule has 19 heavy (non-hydrogen) atoms. The van der Waals surface area contributed by atoms with E-state index < -0.39 is 29.7 Å². The molecule has 0 radical (unpaired) electrons. The van der Waals surface area contributed by atoms with Crippen LogP contribution in [0.15, 0.2) is 18.2 Å². The molecule has 1 heterocycles. The summed E-state index contributed by atoms with van der Waals surface area (Å²) in [6, 6.07) is 3.37. The van der Waals surface area contributed by atoms with Gasteiger partial charge >= 0.3 is 5.97 Å². The van der Waals surface area contributed by atoms with Crippen LogP contribution in [0.25, 0.3) is 0 Å². The number of hydrogen-bond donors (Lipinski definition) is 2. The second kappa shape index (κ2) is 5.54. The summed E-state index contributed by atoms with van der Waals surface area (Å²) in [5, 5.41) is 11.2. The molecular formula is C12H11ClFNO4. The van der Waals surface area contributed by atoms with Crippen LogP contribution >= 0.6 is 11.6 Å². The van der Waals surface area contributed by atoms with Crippen LogP contribution in [0.2, 0.25) is 5.02 Å². The SMILES string of the molecule is O=C(NC1COCC1C(=O)O)c1cccc(Cl)c1F. The molecule has 0 aliphatic carbocycles. The van der Waals surface area contributed by atoms with Crippen LogP contribution in [0.5, 0.6) is 0 Å². The Labute approximate surface area is 113 Å². The van der Waals surface area contributed by atoms with E-state index in [0.717, 1.165) is 0 Å². The van der Waals surface area contributed by atoms with Gasteiger partial charge in [-0.15, -0.1) is 0 Å². The van der Waals surface area contributed by atoms with Gasteiger partial charge in [0, 0.05) is 0 Å². The molecule has 0 saturated carbocycles. The predicted octanol–water partition coefficient (Wildman–Crippen LogP) is 1.31. The van der Waals surface area contributed by atoms with Crippen LogP contribution in [0.4, 0.5) is 4.39 Å². The Hall–Kier alpha value is -1.66. The maximum absolute atomic E-state index is 13.6. The predicted molar refractivity (Wildman–Crippen MR) is 64.6 cm³/mol. The van der Waals surface area contributed by atoms with Crippen molar-refractivity contribution in [3.05, 3.63) is 34.6 Å². The number of rotatable bonds is 3. The first-order chi connectivity index (χ1) is 9.00. The Morgan fingerprint density at radius 1 is 1.42 bits per heavy atom. The Kier molecular flexibility index (Phi) is 4.01. The van der Waals surface area contributed by atoms with Crippen LogP contribution < -0.4 is 5.32 Å². The fourth-order valence-electron chi connectivity index (χ4n) is 1.87. The summed E-state index contributed by atoms with van der Waals surface area (Å²) in [5.41, 5.74) is -0.219. The lowest BCUT2D eigenvalue weighted by atomic mass is 10.0. The van der Waals surface area contributed by atoms with E-state index in [9.17, 15) is 14.0 Å². The molecule has 7 heteroatoms. The number of nitrogens with one attached hydrogen (secondary N) is 1. The molecule has 2 atom stereocenters. The minimum absolute atomic E-state index is 0.0261. The largest absolute Gasteiger partial charge is 0.481 e. The molecule has 1 aliphatic rings. The highest BCUT2D eigenvalue weighted by Gasteiger charge is 2.35. The number of halogens is 2. The minimum Gasteiger partial charge on any atom is -0.481 e. The van der Waals surface area contributed by atoms with Gasteiger partial charge in [-0.3, -0.25) is 9.59 Å². The van der Waals surface area contributed by atoms with Crippen LogP contribution in [-0.2, 0) is 9.53 Å². The normalized spacial score (nSPS) is 22.2. The lowest BCUT2D eigenvalue weighted by Crippen LogP contribution is -2.42. The van der Waals surface area contributed by atoms with Gasteiger partial charge in [-0.05, 0) is 12.1 Å². The fourth-order valence-corrected chi connectivity index (χ4v) is 2.04. The van der Waals surface area contributed by atoms with Crippen molar-refractivity contribution in [2.45, 2.75) is 6.04 Å². The molecule has 2 unspecified atom stereocenters. The van der Waals surface area contributed by atoms with Crippen molar-refractivity contribution in [2.75, 3.05) is 13.2 Å². The zero-order chi connectivity index (χ0) is 14.0. The summed E-state index contributed by atoms with van der Waals surface area (Å²) in [7, 11) is 0. The quantitative estimate of drug-likeness (QED) is 0.879. The molecule has 1 aliphatic heterocycles. The average molecular weight is 288 g/mol. The van der Waals surface area contributed by atoms with Crippen molar-refractivity contribution in [1.29, 1.82) is 0 Å². The Bertz CT molecular complexity index is 522. The Balaban J connectivity index is 2.13. The van der Waals surface area contributed by atoms with Crippen LogP contribution in [0.1, 0.15) is 10.4 Å². The summed E-state index contributed by atoms with van der Waals surface area (Å²) in [6.45, 7) is 0.114. The van der Waals surface area contributed by atoms with E-state index in [2.05, 4.69) is 5.32 Å². The van der Waals surface area contributed by atoms with Crippen molar-refractivity contribution >= 4 is 23.5 Å². The third-order valence-electron chi connectivity index (χ3n) is 2.91. The Morgan fingerprint density at radius 3 is 2.84 bits per heavy atom. The fraction of sp³-hybridized carbons (Fsp3) is 0.333. The molecule has 5 nitrogen and oxygen atoms in total. The minimum atomic E-state index is -1.06. The highest BCUT2D eigenvalue weighted by atomic mass is 35.5. The first kappa shape index (κ1) is 13.8. The van der Waals surface area contributed by atoms with Gasteiger partial charge in [0.15, 0.2) is 5.82 Å². The van der Waals surface area contributed by atoms with E-state index in [1.807, 2.05) is 0 Å². The molecule has 0 bridgehead atoms. The molecule has 1 aromatic carbocycles. The van der Waals surface area contributed by atoms with Crippen LogP contribution in [0, 0.1) is 11.7 Å². The van der Waals surface area contributed by atoms with E-state index in [0.29, 0.717) is 0 Å². The summed E-state index contributed by atoms with van der Waals surface area (Å²) < 4.78 is 18.6. The highest BCUT2D eigenvalue weighted by Crippen LogP contribution is 2.19. The number of carboxylic acids is 1. The molecule has 0 aromatic heterocycles. The molecule has 1 amide bonds. The van der Waals surface area contributed by atoms with Gasteiger partial charge < -0.3 is 15.2 Å². The molecule has 1 aromatic rings. The molecule has 1 saturated heterocycles. The third-order valence-corrected chi connectivity index (χ3v) is 3.20. The highest BCUT2D eigenvalue weighted by molar-refractivity contribution is 6.31. The van der Waals surface area contributed by atoms with Crippen molar-refractivity contribution in [1.82, 2.24) is 5.32 Å². The molecule has 1 fully saturated rings. The monoisotopic (exact) mass is 287 g/mol.